The van der Waals surface area contributed by atoms with E-state index in [0.29, 0.717) is 6.42 Å². The van der Waals surface area contributed by atoms with E-state index in [2.05, 4.69) is 15.9 Å². The van der Waals surface area contributed by atoms with E-state index in [1.807, 2.05) is 30.3 Å². The van der Waals surface area contributed by atoms with Gasteiger partial charge < -0.3 is 5.11 Å². The van der Waals surface area contributed by atoms with Gasteiger partial charge in [-0.15, -0.1) is 0 Å². The minimum absolute atomic E-state index is 0.131. The minimum atomic E-state index is -0.763. The average molecular weight is 241 g/mol. The summed E-state index contributed by atoms with van der Waals surface area (Å²) in [6, 6.07) is 9.74. The zero-order valence-corrected chi connectivity index (χ0v) is 8.49. The number of alkyl halides is 1. The monoisotopic (exact) mass is 240 g/mol. The molecule has 13 heavy (non-hydrogen) atoms. The Kier molecular flexibility index (Phi) is 1.91. The van der Waals surface area contributed by atoms with Gasteiger partial charge in [0.05, 0.1) is 0 Å². The topological polar surface area (TPSA) is 37.3 Å². The third-order valence-corrected chi connectivity index (χ3v) is 3.67. The van der Waals surface area contributed by atoms with Crippen molar-refractivity contribution in [3.63, 3.8) is 0 Å². The summed E-state index contributed by atoms with van der Waals surface area (Å²) in [5.41, 5.74) is 1.10. The maximum Gasteiger partial charge on any atom is 0.321 e. The lowest BCUT2D eigenvalue weighted by Crippen LogP contribution is -2.15. The summed E-state index contributed by atoms with van der Waals surface area (Å²) in [6.07, 6.45) is 0.687. The zero-order valence-electron chi connectivity index (χ0n) is 6.90. The van der Waals surface area contributed by atoms with Gasteiger partial charge in [-0.3, -0.25) is 4.79 Å². The van der Waals surface area contributed by atoms with Crippen LogP contribution < -0.4 is 0 Å². The maximum atomic E-state index is 10.8. The normalized spacial score (nSPS) is 31.3. The van der Waals surface area contributed by atoms with E-state index in [0.717, 1.165) is 5.56 Å². The molecule has 0 unspecified atom stereocenters. The number of carboxylic acid groups (broad SMARTS) is 1. The predicted molar refractivity (Wildman–Crippen MR) is 53.1 cm³/mol. The summed E-state index contributed by atoms with van der Waals surface area (Å²) in [5, 5.41) is 8.90. The van der Waals surface area contributed by atoms with Crippen LogP contribution in [0.3, 0.4) is 0 Å². The Morgan fingerprint density at radius 1 is 1.46 bits per heavy atom. The zero-order chi connectivity index (χ0) is 9.47. The molecule has 0 radical (unpaired) electrons. The number of hydrogen-bond acceptors (Lipinski definition) is 1. The van der Waals surface area contributed by atoms with Crippen LogP contribution >= 0.6 is 15.9 Å². The van der Waals surface area contributed by atoms with Gasteiger partial charge in [-0.25, -0.2) is 0 Å². The molecule has 3 heteroatoms. The molecule has 1 aromatic carbocycles. The molecule has 1 saturated carbocycles. The molecule has 2 rings (SSSR count). The smallest absolute Gasteiger partial charge is 0.321 e. The summed E-state index contributed by atoms with van der Waals surface area (Å²) in [7, 11) is 0. The van der Waals surface area contributed by atoms with Gasteiger partial charge >= 0.3 is 5.97 Å². The van der Waals surface area contributed by atoms with Crippen molar-refractivity contribution in [2.24, 2.45) is 0 Å². The molecule has 2 nitrogen and oxygen atoms in total. The fourth-order valence-electron chi connectivity index (χ4n) is 1.54. The molecule has 0 aliphatic heterocycles. The van der Waals surface area contributed by atoms with Gasteiger partial charge in [0, 0.05) is 5.92 Å². The fourth-order valence-corrected chi connectivity index (χ4v) is 2.13. The highest BCUT2D eigenvalue weighted by Crippen LogP contribution is 2.57. The Labute approximate surface area is 84.7 Å². The van der Waals surface area contributed by atoms with Crippen LogP contribution in [0.5, 0.6) is 0 Å². The van der Waals surface area contributed by atoms with E-state index in [9.17, 15) is 4.79 Å². The predicted octanol–water partition coefficient (Wildman–Crippen LogP) is 2.39. The minimum Gasteiger partial charge on any atom is -0.480 e. The second kappa shape index (κ2) is 2.84. The first-order chi connectivity index (χ1) is 6.14. The number of carboxylic acids is 1. The van der Waals surface area contributed by atoms with Crippen molar-refractivity contribution in [2.75, 3.05) is 0 Å². The molecule has 2 atom stereocenters. The van der Waals surface area contributed by atoms with Crippen molar-refractivity contribution < 1.29 is 9.90 Å². The summed E-state index contributed by atoms with van der Waals surface area (Å²) in [6.45, 7) is 0. The Balaban J connectivity index is 2.21. The number of hydrogen-bond donors (Lipinski definition) is 1. The van der Waals surface area contributed by atoms with Crippen LogP contribution in [0.2, 0.25) is 0 Å². The van der Waals surface area contributed by atoms with Crippen LogP contribution in [0.25, 0.3) is 0 Å². The summed E-state index contributed by atoms with van der Waals surface area (Å²) < 4.78 is -0.700. The largest absolute Gasteiger partial charge is 0.480 e. The maximum absolute atomic E-state index is 10.8. The van der Waals surface area contributed by atoms with Gasteiger partial charge in [-0.05, 0) is 12.0 Å². The highest BCUT2D eigenvalue weighted by molar-refractivity contribution is 9.10. The van der Waals surface area contributed by atoms with Gasteiger partial charge in [-0.2, -0.15) is 0 Å². The third kappa shape index (κ3) is 1.37. The van der Waals surface area contributed by atoms with Crippen LogP contribution in [0.4, 0.5) is 0 Å². The molecule has 0 amide bonds. The van der Waals surface area contributed by atoms with Crippen molar-refractivity contribution in [1.82, 2.24) is 0 Å². The number of halogens is 1. The lowest BCUT2D eigenvalue weighted by atomic mass is 10.1. The molecule has 1 aliphatic carbocycles. The van der Waals surface area contributed by atoms with Crippen molar-refractivity contribution >= 4 is 21.9 Å². The third-order valence-electron chi connectivity index (χ3n) is 2.45. The molecule has 0 aromatic heterocycles. The lowest BCUT2D eigenvalue weighted by molar-refractivity contribution is -0.137. The number of rotatable bonds is 2. The Morgan fingerprint density at radius 2 is 2.08 bits per heavy atom. The molecular formula is C10H9BrO2. The van der Waals surface area contributed by atoms with E-state index in [1.54, 1.807) is 0 Å². The standard InChI is InChI=1S/C10H9BrO2/c11-10(9(12)13)6-8(10)7-4-2-1-3-5-7/h1-5,8H,6H2,(H,12,13)/t8-,10+/m1/s1. The SMILES string of the molecule is O=C(O)[C@]1(Br)C[C@@H]1c1ccccc1. The molecule has 1 aromatic rings. The van der Waals surface area contributed by atoms with Crippen LogP contribution in [-0.2, 0) is 4.79 Å². The van der Waals surface area contributed by atoms with Gasteiger partial charge in [0.1, 0.15) is 4.32 Å². The molecule has 1 fully saturated rings. The first-order valence-electron chi connectivity index (χ1n) is 4.12. The quantitative estimate of drug-likeness (QED) is 0.807. The average Bonchev–Trinajstić information content (AvgIpc) is 2.81. The van der Waals surface area contributed by atoms with Crippen molar-refractivity contribution in [3.05, 3.63) is 35.9 Å². The lowest BCUT2D eigenvalue weighted by Gasteiger charge is -2.02. The second-order valence-electron chi connectivity index (χ2n) is 3.34. The van der Waals surface area contributed by atoms with Gasteiger partial charge in [-0.1, -0.05) is 46.3 Å². The van der Waals surface area contributed by atoms with Crippen LogP contribution in [0, 0.1) is 0 Å². The molecule has 1 aliphatic rings. The first-order valence-corrected chi connectivity index (χ1v) is 4.91. The molecule has 0 spiro atoms. The molecule has 0 saturated heterocycles. The van der Waals surface area contributed by atoms with E-state index in [4.69, 9.17) is 5.11 Å². The van der Waals surface area contributed by atoms with Crippen molar-refractivity contribution in [2.45, 2.75) is 16.7 Å². The highest BCUT2D eigenvalue weighted by Gasteiger charge is 2.59. The van der Waals surface area contributed by atoms with E-state index < -0.39 is 10.3 Å². The van der Waals surface area contributed by atoms with Gasteiger partial charge in [0.15, 0.2) is 0 Å². The number of carbonyl (C=O) groups is 1. The first kappa shape index (κ1) is 8.75. The Bertz CT molecular complexity index is 336. The number of aliphatic carboxylic acids is 1. The van der Waals surface area contributed by atoms with E-state index in [-0.39, 0.29) is 5.92 Å². The van der Waals surface area contributed by atoms with E-state index in [1.165, 1.54) is 0 Å². The summed E-state index contributed by atoms with van der Waals surface area (Å²) in [5.74, 6) is -0.632. The van der Waals surface area contributed by atoms with Crippen LogP contribution in [0.15, 0.2) is 30.3 Å². The molecule has 68 valence electrons. The van der Waals surface area contributed by atoms with Crippen molar-refractivity contribution in [3.8, 4) is 0 Å². The number of benzene rings is 1. The molecule has 0 heterocycles. The van der Waals surface area contributed by atoms with Crippen LogP contribution in [-0.4, -0.2) is 15.4 Å². The van der Waals surface area contributed by atoms with E-state index >= 15 is 0 Å². The highest BCUT2D eigenvalue weighted by atomic mass is 79.9. The van der Waals surface area contributed by atoms with Crippen molar-refractivity contribution in [1.29, 1.82) is 0 Å². The summed E-state index contributed by atoms with van der Waals surface area (Å²) in [4.78, 5) is 10.8. The molecule has 0 bridgehead atoms. The second-order valence-corrected chi connectivity index (χ2v) is 4.75. The molecule has 1 N–H and O–H groups in total. The Morgan fingerprint density at radius 3 is 2.54 bits per heavy atom. The Hall–Kier alpha value is -0.830. The van der Waals surface area contributed by atoms with Gasteiger partial charge in [0.25, 0.3) is 0 Å². The fraction of sp³-hybridized carbons (Fsp3) is 0.300. The molecular weight excluding hydrogens is 232 g/mol. The summed E-state index contributed by atoms with van der Waals surface area (Å²) >= 11 is 3.26. The van der Waals surface area contributed by atoms with Crippen LogP contribution in [0.1, 0.15) is 17.9 Å². The van der Waals surface area contributed by atoms with Gasteiger partial charge in [0.2, 0.25) is 0 Å².